The lowest BCUT2D eigenvalue weighted by Crippen LogP contribution is -1.92. The quantitative estimate of drug-likeness (QED) is 0.633. The van der Waals surface area contributed by atoms with Gasteiger partial charge in [-0.3, -0.25) is 4.98 Å². The Morgan fingerprint density at radius 3 is 2.88 bits per heavy atom. The van der Waals surface area contributed by atoms with Crippen molar-refractivity contribution in [1.29, 1.82) is 0 Å². The maximum Gasteiger partial charge on any atom is 0.181 e. The molecule has 3 heterocycles. The topological polar surface area (TPSA) is 56.5 Å². The molecule has 0 fully saturated rings. The number of hydrogen-bond acceptors (Lipinski definition) is 4. The summed E-state index contributed by atoms with van der Waals surface area (Å²) in [5, 5.41) is 0. The molecule has 0 aliphatic heterocycles. The average molecular weight is 225 g/mol. The number of pyridine rings is 1. The van der Waals surface area contributed by atoms with E-state index in [2.05, 4.69) is 19.9 Å². The summed E-state index contributed by atoms with van der Waals surface area (Å²) in [5.41, 5.74) is 3.56. The van der Waals surface area contributed by atoms with E-state index in [9.17, 15) is 0 Å². The minimum Gasteiger partial charge on any atom is -0.331 e. The van der Waals surface area contributed by atoms with Crippen LogP contribution in [0.15, 0.2) is 30.9 Å². The monoisotopic (exact) mass is 225 g/mol. The second-order valence-corrected chi connectivity index (χ2v) is 3.94. The molecule has 3 aromatic rings. The number of aryl methyl sites for hydroxylation is 2. The van der Waals surface area contributed by atoms with Crippen LogP contribution in [0.1, 0.15) is 5.69 Å². The summed E-state index contributed by atoms with van der Waals surface area (Å²) in [6.45, 7) is 1.95. The van der Waals surface area contributed by atoms with Gasteiger partial charge in [-0.1, -0.05) is 0 Å². The van der Waals surface area contributed by atoms with Crippen molar-refractivity contribution in [2.45, 2.75) is 6.92 Å². The van der Waals surface area contributed by atoms with Crippen LogP contribution in [0.3, 0.4) is 0 Å². The van der Waals surface area contributed by atoms with Crippen LogP contribution < -0.4 is 0 Å². The van der Waals surface area contributed by atoms with Gasteiger partial charge in [-0.25, -0.2) is 15.0 Å². The van der Waals surface area contributed by atoms with Gasteiger partial charge in [0.05, 0.1) is 12.5 Å². The van der Waals surface area contributed by atoms with E-state index in [0.29, 0.717) is 11.5 Å². The van der Waals surface area contributed by atoms with E-state index in [-0.39, 0.29) is 0 Å². The van der Waals surface area contributed by atoms with Crippen LogP contribution in [-0.4, -0.2) is 24.5 Å². The molecule has 0 atom stereocenters. The highest BCUT2D eigenvalue weighted by Crippen LogP contribution is 2.17. The molecule has 84 valence electrons. The van der Waals surface area contributed by atoms with Crippen LogP contribution in [0.25, 0.3) is 22.6 Å². The fourth-order valence-corrected chi connectivity index (χ4v) is 1.74. The predicted molar refractivity (Wildman–Crippen MR) is 64.3 cm³/mol. The Morgan fingerprint density at radius 2 is 2.06 bits per heavy atom. The fraction of sp³-hybridized carbons (Fsp3) is 0.167. The van der Waals surface area contributed by atoms with Crippen LogP contribution in [0, 0.1) is 6.92 Å². The summed E-state index contributed by atoms with van der Waals surface area (Å²) in [6, 6.07) is 3.86. The Morgan fingerprint density at radius 1 is 1.18 bits per heavy atom. The molecule has 0 N–H and O–H groups in total. The third kappa shape index (κ3) is 1.65. The van der Waals surface area contributed by atoms with Crippen molar-refractivity contribution in [2.75, 3.05) is 0 Å². The van der Waals surface area contributed by atoms with Gasteiger partial charge in [-0.05, 0) is 19.1 Å². The molecule has 5 nitrogen and oxygen atoms in total. The van der Waals surface area contributed by atoms with Crippen molar-refractivity contribution in [3.05, 3.63) is 36.5 Å². The molecule has 0 saturated heterocycles. The normalized spacial score (nSPS) is 10.9. The average Bonchev–Trinajstić information content (AvgIpc) is 2.71. The lowest BCUT2D eigenvalue weighted by Gasteiger charge is -2.00. The first kappa shape index (κ1) is 9.89. The van der Waals surface area contributed by atoms with Crippen molar-refractivity contribution >= 4 is 11.2 Å². The van der Waals surface area contributed by atoms with E-state index in [1.165, 1.54) is 0 Å². The smallest absolute Gasteiger partial charge is 0.181 e. The third-order valence-corrected chi connectivity index (χ3v) is 2.64. The molecule has 0 radical (unpaired) electrons. The van der Waals surface area contributed by atoms with Crippen LogP contribution in [0.5, 0.6) is 0 Å². The zero-order valence-corrected chi connectivity index (χ0v) is 9.62. The molecule has 0 aromatic carbocycles. The molecule has 0 bridgehead atoms. The Kier molecular flexibility index (Phi) is 2.11. The predicted octanol–water partition coefficient (Wildman–Crippen LogP) is 1.73. The van der Waals surface area contributed by atoms with Crippen LogP contribution in [0.4, 0.5) is 0 Å². The van der Waals surface area contributed by atoms with E-state index < -0.39 is 0 Å². The Hall–Kier alpha value is -2.30. The van der Waals surface area contributed by atoms with Crippen LogP contribution >= 0.6 is 0 Å². The molecular weight excluding hydrogens is 214 g/mol. The highest BCUT2D eigenvalue weighted by molar-refractivity contribution is 5.72. The zero-order valence-electron chi connectivity index (χ0n) is 9.62. The number of fused-ring (bicyclic) bond motifs is 1. The standard InChI is InChI=1S/C12H11N5/c1-8-5-9(3-4-13-8)11-14-6-10-12(16-11)15-7-17(10)2/h3-7H,1-2H3. The molecular formula is C12H11N5. The summed E-state index contributed by atoms with van der Waals surface area (Å²) >= 11 is 0. The van der Waals surface area contributed by atoms with Crippen molar-refractivity contribution < 1.29 is 0 Å². The van der Waals surface area contributed by atoms with E-state index in [1.54, 1.807) is 18.7 Å². The first-order valence-electron chi connectivity index (χ1n) is 5.31. The molecule has 17 heavy (non-hydrogen) atoms. The Labute approximate surface area is 98.2 Å². The van der Waals surface area contributed by atoms with Gasteiger partial charge >= 0.3 is 0 Å². The molecule has 5 heteroatoms. The minimum atomic E-state index is 0.682. The largest absolute Gasteiger partial charge is 0.331 e. The number of imidazole rings is 1. The number of rotatable bonds is 1. The van der Waals surface area contributed by atoms with Gasteiger partial charge in [0, 0.05) is 24.5 Å². The fourth-order valence-electron chi connectivity index (χ4n) is 1.74. The van der Waals surface area contributed by atoms with Crippen LogP contribution in [0.2, 0.25) is 0 Å². The number of nitrogens with zero attached hydrogens (tertiary/aromatic N) is 5. The number of hydrogen-bond donors (Lipinski definition) is 0. The van der Waals surface area contributed by atoms with Gasteiger partial charge in [0.1, 0.15) is 5.52 Å². The molecule has 0 aliphatic carbocycles. The first-order valence-corrected chi connectivity index (χ1v) is 5.31. The molecule has 0 aliphatic rings. The summed E-state index contributed by atoms with van der Waals surface area (Å²) in [7, 11) is 1.93. The molecule has 0 unspecified atom stereocenters. The van der Waals surface area contributed by atoms with Crippen molar-refractivity contribution in [3.8, 4) is 11.4 Å². The van der Waals surface area contributed by atoms with Gasteiger partial charge in [0.2, 0.25) is 0 Å². The molecule has 3 rings (SSSR count). The summed E-state index contributed by atoms with van der Waals surface area (Å²) in [5.74, 6) is 0.682. The molecule has 3 aromatic heterocycles. The van der Waals surface area contributed by atoms with Crippen molar-refractivity contribution in [1.82, 2.24) is 24.5 Å². The second kappa shape index (κ2) is 3.62. The lowest BCUT2D eigenvalue weighted by atomic mass is 10.2. The maximum absolute atomic E-state index is 4.44. The van der Waals surface area contributed by atoms with Gasteiger partial charge in [-0.15, -0.1) is 0 Å². The molecule has 0 saturated carbocycles. The van der Waals surface area contributed by atoms with Crippen LogP contribution in [-0.2, 0) is 7.05 Å². The van der Waals surface area contributed by atoms with E-state index in [0.717, 1.165) is 16.8 Å². The van der Waals surface area contributed by atoms with Gasteiger partial charge in [-0.2, -0.15) is 0 Å². The SMILES string of the molecule is Cc1cc(-c2ncc3c(ncn3C)n2)ccn1. The van der Waals surface area contributed by atoms with E-state index in [1.807, 2.05) is 30.7 Å². The summed E-state index contributed by atoms with van der Waals surface area (Å²) in [6.07, 6.45) is 5.29. The lowest BCUT2D eigenvalue weighted by molar-refractivity contribution is 0.944. The maximum atomic E-state index is 4.44. The van der Waals surface area contributed by atoms with Crippen molar-refractivity contribution in [2.24, 2.45) is 7.05 Å². The summed E-state index contributed by atoms with van der Waals surface area (Å²) < 4.78 is 1.90. The highest BCUT2D eigenvalue weighted by atomic mass is 15.1. The zero-order chi connectivity index (χ0) is 11.8. The molecule has 0 spiro atoms. The van der Waals surface area contributed by atoms with Gasteiger partial charge in [0.15, 0.2) is 11.5 Å². The van der Waals surface area contributed by atoms with Gasteiger partial charge in [0.25, 0.3) is 0 Å². The van der Waals surface area contributed by atoms with E-state index >= 15 is 0 Å². The first-order chi connectivity index (χ1) is 8.24. The van der Waals surface area contributed by atoms with Crippen molar-refractivity contribution in [3.63, 3.8) is 0 Å². The second-order valence-electron chi connectivity index (χ2n) is 3.94. The minimum absolute atomic E-state index is 0.682. The van der Waals surface area contributed by atoms with E-state index in [4.69, 9.17) is 0 Å². The Bertz CT molecular complexity index is 686. The summed E-state index contributed by atoms with van der Waals surface area (Å²) in [4.78, 5) is 17.2. The Balaban J connectivity index is 2.18. The highest BCUT2D eigenvalue weighted by Gasteiger charge is 2.06. The molecule has 0 amide bonds. The number of aromatic nitrogens is 5. The third-order valence-electron chi connectivity index (χ3n) is 2.64. The van der Waals surface area contributed by atoms with Gasteiger partial charge < -0.3 is 4.57 Å².